The maximum atomic E-state index is 10.6. The van der Waals surface area contributed by atoms with E-state index in [4.69, 9.17) is 5.73 Å². The Morgan fingerprint density at radius 3 is 3.12 bits per heavy atom. The molecule has 1 amide bonds. The van der Waals surface area contributed by atoms with Crippen molar-refractivity contribution in [1.82, 2.24) is 5.32 Å². The summed E-state index contributed by atoms with van der Waals surface area (Å²) in [6.07, 6.45) is 3.53. The van der Waals surface area contributed by atoms with E-state index in [1.165, 1.54) is 15.6 Å². The molecule has 1 aromatic carbocycles. The van der Waals surface area contributed by atoms with E-state index in [1.54, 1.807) is 0 Å². The molecule has 3 nitrogen and oxygen atoms in total. The Morgan fingerprint density at radius 2 is 2.35 bits per heavy atom. The number of rotatable bonds is 5. The summed E-state index contributed by atoms with van der Waals surface area (Å²) in [6.45, 7) is 0.847. The van der Waals surface area contributed by atoms with Gasteiger partial charge in [0.2, 0.25) is 5.91 Å². The molecule has 0 spiro atoms. The first-order valence-corrected chi connectivity index (χ1v) is 6.77. The van der Waals surface area contributed by atoms with Crippen LogP contribution >= 0.6 is 15.9 Å². The molecule has 0 saturated heterocycles. The Balaban J connectivity index is 1.89. The van der Waals surface area contributed by atoms with Crippen LogP contribution in [0.4, 0.5) is 0 Å². The van der Waals surface area contributed by atoms with Crippen LogP contribution in [0.15, 0.2) is 22.7 Å². The molecule has 2 rings (SSSR count). The van der Waals surface area contributed by atoms with Gasteiger partial charge < -0.3 is 11.1 Å². The first-order valence-electron chi connectivity index (χ1n) is 5.97. The predicted molar refractivity (Wildman–Crippen MR) is 71.6 cm³/mol. The summed E-state index contributed by atoms with van der Waals surface area (Å²) >= 11 is 3.59. The Kier molecular flexibility index (Phi) is 4.18. The summed E-state index contributed by atoms with van der Waals surface area (Å²) in [7, 11) is 0. The Bertz CT molecular complexity index is 420. The van der Waals surface area contributed by atoms with Gasteiger partial charge in [0, 0.05) is 16.9 Å². The monoisotopic (exact) mass is 296 g/mol. The number of benzene rings is 1. The van der Waals surface area contributed by atoms with Gasteiger partial charge in [0.15, 0.2) is 0 Å². The van der Waals surface area contributed by atoms with Crippen molar-refractivity contribution >= 4 is 21.8 Å². The molecule has 0 radical (unpaired) electrons. The van der Waals surface area contributed by atoms with Gasteiger partial charge >= 0.3 is 0 Å². The van der Waals surface area contributed by atoms with Crippen LogP contribution in [0.3, 0.4) is 0 Å². The Morgan fingerprint density at radius 1 is 1.53 bits per heavy atom. The van der Waals surface area contributed by atoms with Crippen molar-refractivity contribution in [2.45, 2.75) is 31.7 Å². The fourth-order valence-electron chi connectivity index (χ4n) is 2.36. The molecule has 0 bridgehead atoms. The average molecular weight is 297 g/mol. The standard InChI is InChI=1S/C13H17BrN2O/c14-11-4-1-3-10-9(11)6-7-12(10)16-8-2-5-13(15)17/h1,3-4,12,16H,2,5-8H2,(H2,15,17). The number of hydrogen-bond donors (Lipinski definition) is 2. The molecule has 0 aliphatic heterocycles. The lowest BCUT2D eigenvalue weighted by Crippen LogP contribution is -2.22. The van der Waals surface area contributed by atoms with Gasteiger partial charge in [0.1, 0.15) is 0 Å². The van der Waals surface area contributed by atoms with Crippen LogP contribution in [0.2, 0.25) is 0 Å². The van der Waals surface area contributed by atoms with Crippen LogP contribution in [0.5, 0.6) is 0 Å². The molecule has 0 saturated carbocycles. The fourth-order valence-corrected chi connectivity index (χ4v) is 2.94. The SMILES string of the molecule is NC(=O)CCCNC1CCc2c(Br)cccc21. The van der Waals surface area contributed by atoms with E-state index in [2.05, 4.69) is 39.4 Å². The number of fused-ring (bicyclic) bond motifs is 1. The third-order valence-electron chi connectivity index (χ3n) is 3.20. The molecule has 1 aromatic rings. The molecule has 0 fully saturated rings. The molecule has 3 N–H and O–H groups in total. The predicted octanol–water partition coefficient (Wildman–Crippen LogP) is 2.29. The third-order valence-corrected chi connectivity index (χ3v) is 3.95. The summed E-state index contributed by atoms with van der Waals surface area (Å²) in [4.78, 5) is 10.6. The highest BCUT2D eigenvalue weighted by Crippen LogP contribution is 2.35. The van der Waals surface area contributed by atoms with Crippen molar-refractivity contribution in [3.63, 3.8) is 0 Å². The number of primary amides is 1. The molecule has 4 heteroatoms. The van der Waals surface area contributed by atoms with Gasteiger partial charge in [-0.15, -0.1) is 0 Å². The number of amides is 1. The number of carbonyl (C=O) groups excluding carboxylic acids is 1. The van der Waals surface area contributed by atoms with Crippen molar-refractivity contribution < 1.29 is 4.79 Å². The molecular formula is C13H17BrN2O. The third kappa shape index (κ3) is 3.07. The highest BCUT2D eigenvalue weighted by Gasteiger charge is 2.22. The molecule has 17 heavy (non-hydrogen) atoms. The minimum Gasteiger partial charge on any atom is -0.370 e. The van der Waals surface area contributed by atoms with Crippen molar-refractivity contribution in [3.8, 4) is 0 Å². The minimum absolute atomic E-state index is 0.221. The lowest BCUT2D eigenvalue weighted by molar-refractivity contribution is -0.118. The van der Waals surface area contributed by atoms with E-state index in [1.807, 2.05) is 0 Å². The van der Waals surface area contributed by atoms with E-state index >= 15 is 0 Å². The fraction of sp³-hybridized carbons (Fsp3) is 0.462. The first kappa shape index (κ1) is 12.6. The van der Waals surface area contributed by atoms with Crippen LogP contribution in [0.25, 0.3) is 0 Å². The van der Waals surface area contributed by atoms with E-state index in [0.717, 1.165) is 25.8 Å². The van der Waals surface area contributed by atoms with Gasteiger partial charge in [0.05, 0.1) is 0 Å². The number of nitrogens with two attached hydrogens (primary N) is 1. The van der Waals surface area contributed by atoms with Crippen LogP contribution in [0.1, 0.15) is 36.4 Å². The smallest absolute Gasteiger partial charge is 0.217 e. The molecule has 0 aromatic heterocycles. The van der Waals surface area contributed by atoms with Gasteiger partial charge in [0.25, 0.3) is 0 Å². The van der Waals surface area contributed by atoms with Crippen LogP contribution in [-0.2, 0) is 11.2 Å². The Hall–Kier alpha value is -0.870. The topological polar surface area (TPSA) is 55.1 Å². The molecular weight excluding hydrogens is 280 g/mol. The lowest BCUT2D eigenvalue weighted by atomic mass is 10.1. The van der Waals surface area contributed by atoms with Crippen molar-refractivity contribution in [2.24, 2.45) is 5.73 Å². The lowest BCUT2D eigenvalue weighted by Gasteiger charge is -2.13. The van der Waals surface area contributed by atoms with Gasteiger partial charge in [-0.05, 0) is 43.0 Å². The highest BCUT2D eigenvalue weighted by molar-refractivity contribution is 9.10. The summed E-state index contributed by atoms with van der Waals surface area (Å²) < 4.78 is 1.21. The zero-order valence-corrected chi connectivity index (χ0v) is 11.3. The minimum atomic E-state index is -0.221. The van der Waals surface area contributed by atoms with E-state index in [9.17, 15) is 4.79 Å². The Labute approximate surface area is 110 Å². The van der Waals surface area contributed by atoms with Crippen LogP contribution < -0.4 is 11.1 Å². The van der Waals surface area contributed by atoms with E-state index < -0.39 is 0 Å². The highest BCUT2D eigenvalue weighted by atomic mass is 79.9. The van der Waals surface area contributed by atoms with E-state index in [-0.39, 0.29) is 5.91 Å². The molecule has 1 aliphatic carbocycles. The van der Waals surface area contributed by atoms with Crippen LogP contribution in [0, 0.1) is 0 Å². The molecule has 0 heterocycles. The first-order chi connectivity index (χ1) is 8.18. The molecule has 1 unspecified atom stereocenters. The number of carbonyl (C=O) groups is 1. The molecule has 1 atom stereocenters. The second-order valence-electron chi connectivity index (χ2n) is 4.42. The second-order valence-corrected chi connectivity index (χ2v) is 5.28. The summed E-state index contributed by atoms with van der Waals surface area (Å²) in [6, 6.07) is 6.77. The van der Waals surface area contributed by atoms with Crippen LogP contribution in [-0.4, -0.2) is 12.5 Å². The normalized spacial score (nSPS) is 18.1. The largest absolute Gasteiger partial charge is 0.370 e. The quantitative estimate of drug-likeness (QED) is 0.819. The zero-order chi connectivity index (χ0) is 12.3. The van der Waals surface area contributed by atoms with Crippen molar-refractivity contribution in [2.75, 3.05) is 6.54 Å². The van der Waals surface area contributed by atoms with Gasteiger partial charge in [-0.25, -0.2) is 0 Å². The summed E-state index contributed by atoms with van der Waals surface area (Å²) in [5.41, 5.74) is 7.91. The van der Waals surface area contributed by atoms with Crippen molar-refractivity contribution in [3.05, 3.63) is 33.8 Å². The summed E-state index contributed by atoms with van der Waals surface area (Å²) in [5, 5.41) is 3.49. The van der Waals surface area contributed by atoms with Crippen molar-refractivity contribution in [1.29, 1.82) is 0 Å². The van der Waals surface area contributed by atoms with Gasteiger partial charge in [-0.3, -0.25) is 4.79 Å². The summed E-state index contributed by atoms with van der Waals surface area (Å²) in [5.74, 6) is -0.221. The average Bonchev–Trinajstić information content (AvgIpc) is 2.69. The molecule has 92 valence electrons. The number of hydrogen-bond acceptors (Lipinski definition) is 2. The van der Waals surface area contributed by atoms with Gasteiger partial charge in [-0.2, -0.15) is 0 Å². The number of nitrogens with one attached hydrogen (secondary N) is 1. The second kappa shape index (κ2) is 5.65. The number of halogens is 1. The van der Waals surface area contributed by atoms with E-state index in [0.29, 0.717) is 12.5 Å². The maximum absolute atomic E-state index is 10.6. The maximum Gasteiger partial charge on any atom is 0.217 e. The van der Waals surface area contributed by atoms with Gasteiger partial charge in [-0.1, -0.05) is 28.1 Å². The zero-order valence-electron chi connectivity index (χ0n) is 9.71. The molecule has 1 aliphatic rings.